The molecule has 0 aliphatic heterocycles. The van der Waals surface area contributed by atoms with Crippen molar-refractivity contribution in [2.24, 2.45) is 7.05 Å². The number of carbonyl (C=O) groups is 2. The number of rotatable bonds is 2. The molecule has 1 heterocycles. The molecule has 1 aromatic rings. The smallest absolute Gasteiger partial charge is 0.229 e. The standard InChI is InChI=1S/C13H15NO3/c1-7(2)9-5-8-12(14(9)3)10(15)6-11(17-4)13(8)16/h5-7H,1-4H3. The van der Waals surface area contributed by atoms with Crippen molar-refractivity contribution in [3.63, 3.8) is 0 Å². The van der Waals surface area contributed by atoms with Gasteiger partial charge in [0.05, 0.1) is 12.7 Å². The molecule has 0 spiro atoms. The van der Waals surface area contributed by atoms with Crippen molar-refractivity contribution in [2.45, 2.75) is 19.8 Å². The second-order valence-corrected chi connectivity index (χ2v) is 4.45. The number of fused-ring (bicyclic) bond motifs is 1. The van der Waals surface area contributed by atoms with E-state index in [1.165, 1.54) is 13.2 Å². The third-order valence-corrected chi connectivity index (χ3v) is 3.05. The zero-order chi connectivity index (χ0) is 12.7. The molecule has 0 amide bonds. The van der Waals surface area contributed by atoms with Crippen LogP contribution in [0.4, 0.5) is 0 Å². The molecule has 90 valence electrons. The SMILES string of the molecule is COC1=CC(=O)c2c(cc(C(C)C)n2C)C1=O. The minimum atomic E-state index is -0.218. The summed E-state index contributed by atoms with van der Waals surface area (Å²) < 4.78 is 6.72. The van der Waals surface area contributed by atoms with Crippen molar-refractivity contribution in [3.05, 3.63) is 34.9 Å². The van der Waals surface area contributed by atoms with Crippen molar-refractivity contribution in [1.29, 1.82) is 0 Å². The minimum absolute atomic E-state index is 0.114. The molecule has 4 heteroatoms. The number of aromatic nitrogens is 1. The van der Waals surface area contributed by atoms with Gasteiger partial charge in [-0.1, -0.05) is 13.8 Å². The summed E-state index contributed by atoms with van der Waals surface area (Å²) in [7, 11) is 3.21. The number of hydrogen-bond donors (Lipinski definition) is 0. The lowest BCUT2D eigenvalue weighted by atomic mass is 10.00. The third-order valence-electron chi connectivity index (χ3n) is 3.05. The van der Waals surface area contributed by atoms with Crippen LogP contribution in [0.15, 0.2) is 17.9 Å². The van der Waals surface area contributed by atoms with Gasteiger partial charge in [0.15, 0.2) is 5.76 Å². The van der Waals surface area contributed by atoms with Crippen molar-refractivity contribution in [2.75, 3.05) is 7.11 Å². The van der Waals surface area contributed by atoms with Gasteiger partial charge in [-0.3, -0.25) is 9.59 Å². The molecule has 0 N–H and O–H groups in total. The van der Waals surface area contributed by atoms with Gasteiger partial charge in [-0.2, -0.15) is 0 Å². The first kappa shape index (κ1) is 11.6. The zero-order valence-electron chi connectivity index (χ0n) is 10.4. The summed E-state index contributed by atoms with van der Waals surface area (Å²) in [5.74, 6) is -0.0175. The number of ketones is 2. The molecule has 0 unspecified atom stereocenters. The second-order valence-electron chi connectivity index (χ2n) is 4.45. The first-order valence-electron chi connectivity index (χ1n) is 5.51. The van der Waals surface area contributed by atoms with Gasteiger partial charge in [-0.05, 0) is 12.0 Å². The van der Waals surface area contributed by atoms with E-state index in [9.17, 15) is 9.59 Å². The fourth-order valence-electron chi connectivity index (χ4n) is 2.19. The van der Waals surface area contributed by atoms with Crippen LogP contribution in [0.1, 0.15) is 46.3 Å². The van der Waals surface area contributed by atoms with Crippen LogP contribution >= 0.6 is 0 Å². The fourth-order valence-corrected chi connectivity index (χ4v) is 2.19. The highest BCUT2D eigenvalue weighted by Crippen LogP contribution is 2.27. The van der Waals surface area contributed by atoms with Crippen LogP contribution in [0.2, 0.25) is 0 Å². The predicted octanol–water partition coefficient (Wildman–Crippen LogP) is 2.06. The van der Waals surface area contributed by atoms with Crippen LogP contribution in [0.25, 0.3) is 0 Å². The summed E-state index contributed by atoms with van der Waals surface area (Å²) in [5, 5.41) is 0. The molecule has 1 aromatic heterocycles. The quantitative estimate of drug-likeness (QED) is 0.785. The Kier molecular flexibility index (Phi) is 2.65. The Morgan fingerprint density at radius 3 is 2.47 bits per heavy atom. The van der Waals surface area contributed by atoms with Gasteiger partial charge >= 0.3 is 0 Å². The number of Topliss-reactive ketones (excluding diaryl/α,β-unsaturated/α-hetero) is 1. The average Bonchev–Trinajstić information content (AvgIpc) is 2.62. The molecule has 4 nitrogen and oxygen atoms in total. The van der Waals surface area contributed by atoms with Crippen molar-refractivity contribution < 1.29 is 14.3 Å². The summed E-state index contributed by atoms with van der Waals surface area (Å²) >= 11 is 0. The average molecular weight is 233 g/mol. The number of hydrogen-bond acceptors (Lipinski definition) is 3. The highest BCUT2D eigenvalue weighted by atomic mass is 16.5. The molecule has 0 fully saturated rings. The first-order chi connectivity index (χ1) is 7.97. The van der Waals surface area contributed by atoms with Gasteiger partial charge in [0.25, 0.3) is 0 Å². The van der Waals surface area contributed by atoms with E-state index in [2.05, 4.69) is 0 Å². The number of nitrogens with zero attached hydrogens (tertiary/aromatic N) is 1. The Morgan fingerprint density at radius 1 is 1.29 bits per heavy atom. The maximum absolute atomic E-state index is 12.0. The van der Waals surface area contributed by atoms with Gasteiger partial charge in [-0.25, -0.2) is 0 Å². The van der Waals surface area contributed by atoms with Gasteiger partial charge in [0.1, 0.15) is 5.69 Å². The Hall–Kier alpha value is -1.84. The molecular weight excluding hydrogens is 218 g/mol. The molecule has 1 aliphatic carbocycles. The molecule has 0 saturated carbocycles. The molecule has 0 radical (unpaired) electrons. The summed E-state index contributed by atoms with van der Waals surface area (Å²) in [6, 6.07) is 1.78. The largest absolute Gasteiger partial charge is 0.492 e. The maximum Gasteiger partial charge on any atom is 0.229 e. The lowest BCUT2D eigenvalue weighted by molar-refractivity contribution is 0.0914. The summed E-state index contributed by atoms with van der Waals surface area (Å²) in [6.45, 7) is 4.06. The number of allylic oxidation sites excluding steroid dienone is 2. The number of carbonyl (C=O) groups excluding carboxylic acids is 2. The van der Waals surface area contributed by atoms with Crippen LogP contribution in [0.5, 0.6) is 0 Å². The topological polar surface area (TPSA) is 48.3 Å². The second kappa shape index (κ2) is 3.87. The van der Waals surface area contributed by atoms with Crippen molar-refractivity contribution in [1.82, 2.24) is 4.57 Å². The molecule has 0 aromatic carbocycles. The van der Waals surface area contributed by atoms with Crippen LogP contribution < -0.4 is 0 Å². The molecule has 0 atom stereocenters. The molecular formula is C13H15NO3. The number of ether oxygens (including phenoxy) is 1. The summed E-state index contributed by atoms with van der Waals surface area (Å²) in [6.07, 6.45) is 1.26. The zero-order valence-corrected chi connectivity index (χ0v) is 10.4. The maximum atomic E-state index is 12.0. The van der Waals surface area contributed by atoms with Crippen LogP contribution in [0.3, 0.4) is 0 Å². The van der Waals surface area contributed by atoms with E-state index in [1.807, 2.05) is 20.9 Å². The first-order valence-corrected chi connectivity index (χ1v) is 5.51. The summed E-state index contributed by atoms with van der Waals surface area (Å²) in [4.78, 5) is 24.0. The van der Waals surface area contributed by atoms with E-state index in [0.29, 0.717) is 11.3 Å². The normalized spacial score (nSPS) is 15.0. The van der Waals surface area contributed by atoms with E-state index >= 15 is 0 Å². The summed E-state index contributed by atoms with van der Waals surface area (Å²) in [5.41, 5.74) is 1.88. The van der Waals surface area contributed by atoms with E-state index in [1.54, 1.807) is 10.6 Å². The molecule has 0 saturated heterocycles. The lowest BCUT2D eigenvalue weighted by Crippen LogP contribution is -2.19. The highest BCUT2D eigenvalue weighted by Gasteiger charge is 2.31. The van der Waals surface area contributed by atoms with E-state index in [0.717, 1.165) is 5.69 Å². The lowest BCUT2D eigenvalue weighted by Gasteiger charge is -2.12. The monoisotopic (exact) mass is 233 g/mol. The Morgan fingerprint density at radius 2 is 1.94 bits per heavy atom. The van der Waals surface area contributed by atoms with E-state index < -0.39 is 0 Å². The fraction of sp³-hybridized carbons (Fsp3) is 0.385. The minimum Gasteiger partial charge on any atom is -0.492 e. The van der Waals surface area contributed by atoms with Crippen molar-refractivity contribution >= 4 is 11.6 Å². The van der Waals surface area contributed by atoms with Crippen LogP contribution in [0, 0.1) is 0 Å². The number of methoxy groups -OCH3 is 1. The Labute approximate surface area is 99.9 Å². The Bertz CT molecular complexity index is 535. The molecule has 1 aliphatic rings. The van der Waals surface area contributed by atoms with Gasteiger partial charge in [0.2, 0.25) is 11.6 Å². The van der Waals surface area contributed by atoms with Crippen molar-refractivity contribution in [3.8, 4) is 0 Å². The van der Waals surface area contributed by atoms with E-state index in [4.69, 9.17) is 4.74 Å². The van der Waals surface area contributed by atoms with Crippen LogP contribution in [-0.2, 0) is 11.8 Å². The van der Waals surface area contributed by atoms with E-state index in [-0.39, 0.29) is 23.2 Å². The van der Waals surface area contributed by atoms with Gasteiger partial charge in [0, 0.05) is 18.8 Å². The Balaban J connectivity index is 2.63. The predicted molar refractivity (Wildman–Crippen MR) is 63.3 cm³/mol. The molecule has 0 bridgehead atoms. The third kappa shape index (κ3) is 1.60. The highest BCUT2D eigenvalue weighted by molar-refractivity contribution is 6.23. The van der Waals surface area contributed by atoms with Crippen LogP contribution in [-0.4, -0.2) is 23.2 Å². The van der Waals surface area contributed by atoms with Gasteiger partial charge in [-0.15, -0.1) is 0 Å². The molecule has 2 rings (SSSR count). The molecule has 17 heavy (non-hydrogen) atoms. The van der Waals surface area contributed by atoms with Gasteiger partial charge < -0.3 is 9.30 Å².